The first-order valence-electron chi connectivity index (χ1n) is 10.0. The van der Waals surface area contributed by atoms with E-state index in [1.807, 2.05) is 28.9 Å². The minimum Gasteiger partial charge on any atom is -0.396 e. The number of carbonyl (C=O) groups is 1. The normalized spacial score (nSPS) is 32.3. The Morgan fingerprint density at radius 3 is 2.46 bits per heavy atom. The van der Waals surface area contributed by atoms with Crippen LogP contribution in [0.25, 0.3) is 10.9 Å². The van der Waals surface area contributed by atoms with Gasteiger partial charge in [-0.15, -0.1) is 0 Å². The number of benzene rings is 1. The van der Waals surface area contributed by atoms with Crippen molar-refractivity contribution >= 4 is 16.8 Å². The minimum absolute atomic E-state index is 0.00180. The molecule has 2 aromatic rings. The Balaban J connectivity index is 1.44. The van der Waals surface area contributed by atoms with Gasteiger partial charge in [0.25, 0.3) is 5.91 Å². The van der Waals surface area contributed by atoms with Gasteiger partial charge < -0.3 is 10.4 Å². The molecule has 0 atom stereocenters. The van der Waals surface area contributed by atoms with Crippen molar-refractivity contribution in [3.05, 3.63) is 30.0 Å². The average Bonchev–Trinajstić information content (AvgIpc) is 2.97. The predicted octanol–water partition coefficient (Wildman–Crippen LogP) is 3.12. The fraction of sp³-hybridized carbons (Fsp3) is 0.619. The fourth-order valence-electron chi connectivity index (χ4n) is 6.25. The Hall–Kier alpha value is -1.88. The molecule has 1 aromatic heterocycles. The molecule has 26 heavy (non-hydrogen) atoms. The number of amides is 1. The first-order valence-corrected chi connectivity index (χ1v) is 10.0. The lowest BCUT2D eigenvalue weighted by Crippen LogP contribution is -2.59. The van der Waals surface area contributed by atoms with Gasteiger partial charge in [-0.05, 0) is 68.8 Å². The van der Waals surface area contributed by atoms with Gasteiger partial charge in [-0.1, -0.05) is 18.2 Å². The SMILES string of the molecule is O=C(NC12CC3CC(CC(C3)C1)C2)c1nn(CCCO)c2ccccc12. The molecule has 1 heterocycles. The van der Waals surface area contributed by atoms with Crippen LogP contribution in [-0.2, 0) is 6.54 Å². The summed E-state index contributed by atoms with van der Waals surface area (Å²) in [4.78, 5) is 13.2. The average molecular weight is 353 g/mol. The van der Waals surface area contributed by atoms with E-state index in [0.717, 1.165) is 47.9 Å². The van der Waals surface area contributed by atoms with Gasteiger partial charge in [0.15, 0.2) is 5.69 Å². The van der Waals surface area contributed by atoms with Gasteiger partial charge in [-0.3, -0.25) is 9.48 Å². The molecule has 4 bridgehead atoms. The summed E-state index contributed by atoms with van der Waals surface area (Å²) in [5, 5.41) is 18.1. The van der Waals surface area contributed by atoms with Crippen molar-refractivity contribution in [1.29, 1.82) is 0 Å². The Bertz CT molecular complexity index is 806. The quantitative estimate of drug-likeness (QED) is 0.868. The van der Waals surface area contributed by atoms with E-state index in [4.69, 9.17) is 5.11 Å². The van der Waals surface area contributed by atoms with Crippen molar-refractivity contribution in [3.8, 4) is 0 Å². The highest BCUT2D eigenvalue weighted by Gasteiger charge is 2.51. The number of rotatable bonds is 5. The van der Waals surface area contributed by atoms with Crippen molar-refractivity contribution < 1.29 is 9.90 Å². The van der Waals surface area contributed by atoms with E-state index in [1.54, 1.807) is 0 Å². The highest BCUT2D eigenvalue weighted by Crippen LogP contribution is 2.55. The zero-order valence-electron chi connectivity index (χ0n) is 15.2. The van der Waals surface area contributed by atoms with Gasteiger partial charge in [0.2, 0.25) is 0 Å². The third-order valence-electron chi connectivity index (χ3n) is 6.82. The summed E-state index contributed by atoms with van der Waals surface area (Å²) in [6.45, 7) is 0.755. The number of aryl methyl sites for hydroxylation is 1. The summed E-state index contributed by atoms with van der Waals surface area (Å²) in [5.74, 6) is 2.40. The molecule has 0 spiro atoms. The minimum atomic E-state index is -0.0223. The van der Waals surface area contributed by atoms with Crippen molar-refractivity contribution in [2.45, 2.75) is 57.0 Å². The van der Waals surface area contributed by atoms with Gasteiger partial charge >= 0.3 is 0 Å². The number of para-hydroxylation sites is 1. The number of aromatic nitrogens is 2. The van der Waals surface area contributed by atoms with E-state index in [9.17, 15) is 4.79 Å². The van der Waals surface area contributed by atoms with Crippen LogP contribution in [0.2, 0.25) is 0 Å². The van der Waals surface area contributed by atoms with Gasteiger partial charge in [0.1, 0.15) is 0 Å². The van der Waals surface area contributed by atoms with Crippen molar-refractivity contribution in [1.82, 2.24) is 15.1 Å². The van der Waals surface area contributed by atoms with Crippen LogP contribution in [0.15, 0.2) is 24.3 Å². The molecule has 5 heteroatoms. The lowest BCUT2D eigenvalue weighted by molar-refractivity contribution is -0.0167. The molecule has 5 nitrogen and oxygen atoms in total. The topological polar surface area (TPSA) is 67.2 Å². The van der Waals surface area contributed by atoms with Gasteiger partial charge in [0.05, 0.1) is 5.52 Å². The standard InChI is InChI=1S/C21H27N3O2/c25-7-3-6-24-18-5-2-1-4-17(18)19(23-24)20(26)22-21-11-14-8-15(12-21)10-16(9-14)13-21/h1-2,4-5,14-16,25H,3,6-13H2,(H,22,26). The summed E-state index contributed by atoms with van der Waals surface area (Å²) < 4.78 is 1.86. The van der Waals surface area contributed by atoms with Crippen LogP contribution < -0.4 is 5.32 Å². The van der Waals surface area contributed by atoms with E-state index < -0.39 is 0 Å². The molecule has 1 aromatic carbocycles. The number of nitrogens with one attached hydrogen (secondary N) is 1. The summed E-state index contributed by atoms with van der Waals surface area (Å²) in [6.07, 6.45) is 8.19. The molecule has 0 radical (unpaired) electrons. The predicted molar refractivity (Wildman–Crippen MR) is 99.8 cm³/mol. The third kappa shape index (κ3) is 2.64. The molecule has 138 valence electrons. The third-order valence-corrected chi connectivity index (χ3v) is 6.82. The fourth-order valence-corrected chi connectivity index (χ4v) is 6.25. The first-order chi connectivity index (χ1) is 12.7. The lowest BCUT2D eigenvalue weighted by atomic mass is 9.53. The number of hydrogen-bond acceptors (Lipinski definition) is 3. The molecule has 0 unspecified atom stereocenters. The van der Waals surface area contributed by atoms with Crippen LogP contribution in [0.3, 0.4) is 0 Å². The van der Waals surface area contributed by atoms with E-state index in [0.29, 0.717) is 18.7 Å². The van der Waals surface area contributed by atoms with E-state index in [1.165, 1.54) is 19.3 Å². The summed E-state index contributed by atoms with van der Waals surface area (Å²) in [6, 6.07) is 7.91. The second kappa shape index (κ2) is 6.08. The smallest absolute Gasteiger partial charge is 0.272 e. The molecule has 4 fully saturated rings. The number of hydrogen-bond donors (Lipinski definition) is 2. The zero-order valence-corrected chi connectivity index (χ0v) is 15.2. The van der Waals surface area contributed by atoms with E-state index >= 15 is 0 Å². The van der Waals surface area contributed by atoms with Crippen LogP contribution in [0.1, 0.15) is 55.4 Å². The van der Waals surface area contributed by atoms with Crippen molar-refractivity contribution in [2.75, 3.05) is 6.61 Å². The van der Waals surface area contributed by atoms with Crippen LogP contribution >= 0.6 is 0 Å². The van der Waals surface area contributed by atoms with Crippen molar-refractivity contribution in [2.24, 2.45) is 17.8 Å². The molecule has 0 saturated heterocycles. The molecular weight excluding hydrogens is 326 g/mol. The van der Waals surface area contributed by atoms with Crippen LogP contribution in [0.5, 0.6) is 0 Å². The number of aliphatic hydroxyl groups is 1. The summed E-state index contributed by atoms with van der Waals surface area (Å²) in [5.41, 5.74) is 1.51. The first kappa shape index (κ1) is 16.3. The second-order valence-electron chi connectivity index (χ2n) is 8.82. The second-order valence-corrected chi connectivity index (χ2v) is 8.82. The Morgan fingerprint density at radius 1 is 1.15 bits per heavy atom. The number of nitrogens with zero attached hydrogens (tertiary/aromatic N) is 2. The van der Waals surface area contributed by atoms with Gasteiger partial charge in [0, 0.05) is 24.1 Å². The lowest BCUT2D eigenvalue weighted by Gasteiger charge is -2.56. The molecule has 6 rings (SSSR count). The Kier molecular flexibility index (Phi) is 3.82. The van der Waals surface area contributed by atoms with Crippen LogP contribution in [0.4, 0.5) is 0 Å². The van der Waals surface area contributed by atoms with Gasteiger partial charge in [-0.25, -0.2) is 0 Å². The van der Waals surface area contributed by atoms with Gasteiger partial charge in [-0.2, -0.15) is 5.10 Å². The van der Waals surface area contributed by atoms with E-state index in [2.05, 4.69) is 10.4 Å². The maximum Gasteiger partial charge on any atom is 0.272 e. The monoisotopic (exact) mass is 353 g/mol. The molecular formula is C21H27N3O2. The number of fused-ring (bicyclic) bond motifs is 1. The van der Waals surface area contributed by atoms with E-state index in [-0.39, 0.29) is 18.1 Å². The summed E-state index contributed by atoms with van der Waals surface area (Å²) in [7, 11) is 0. The molecule has 4 aliphatic carbocycles. The molecule has 2 N–H and O–H groups in total. The number of carbonyl (C=O) groups excluding carboxylic acids is 1. The van der Waals surface area contributed by atoms with Crippen LogP contribution in [0, 0.1) is 17.8 Å². The molecule has 4 aliphatic rings. The highest BCUT2D eigenvalue weighted by atomic mass is 16.3. The zero-order chi connectivity index (χ0) is 17.7. The van der Waals surface area contributed by atoms with Crippen LogP contribution in [-0.4, -0.2) is 32.9 Å². The Morgan fingerprint density at radius 2 is 1.81 bits per heavy atom. The molecule has 1 amide bonds. The Labute approximate surface area is 153 Å². The number of aliphatic hydroxyl groups excluding tert-OH is 1. The summed E-state index contributed by atoms with van der Waals surface area (Å²) >= 11 is 0. The highest BCUT2D eigenvalue weighted by molar-refractivity contribution is 6.05. The largest absolute Gasteiger partial charge is 0.396 e. The molecule has 4 saturated carbocycles. The van der Waals surface area contributed by atoms with Crippen molar-refractivity contribution in [3.63, 3.8) is 0 Å². The maximum atomic E-state index is 13.2. The maximum absolute atomic E-state index is 13.2. The molecule has 0 aliphatic heterocycles.